The molecule has 1 aromatic carbocycles. The highest BCUT2D eigenvalue weighted by Crippen LogP contribution is 2.37. The van der Waals surface area contributed by atoms with Crippen molar-refractivity contribution in [3.05, 3.63) is 54.1 Å². The summed E-state index contributed by atoms with van der Waals surface area (Å²) >= 11 is 0. The lowest BCUT2D eigenvalue weighted by atomic mass is 9.77. The Morgan fingerprint density at radius 3 is 2.68 bits per heavy atom. The van der Waals surface area contributed by atoms with Crippen LogP contribution in [0.5, 0.6) is 0 Å². The van der Waals surface area contributed by atoms with E-state index in [-0.39, 0.29) is 5.54 Å². The molecular formula is C16H17N5O. The van der Waals surface area contributed by atoms with Gasteiger partial charge in [0, 0.05) is 18.0 Å². The molecule has 2 aromatic heterocycles. The summed E-state index contributed by atoms with van der Waals surface area (Å²) in [5.41, 5.74) is 7.91. The summed E-state index contributed by atoms with van der Waals surface area (Å²) in [5, 5.41) is 8.24. The van der Waals surface area contributed by atoms with Crippen LogP contribution in [0.1, 0.15) is 30.7 Å². The van der Waals surface area contributed by atoms with Crippen LogP contribution in [0, 0.1) is 0 Å². The Morgan fingerprint density at radius 1 is 1.23 bits per heavy atom. The van der Waals surface area contributed by atoms with Crippen molar-refractivity contribution in [1.82, 2.24) is 19.9 Å². The van der Waals surface area contributed by atoms with Crippen LogP contribution >= 0.6 is 0 Å². The van der Waals surface area contributed by atoms with Crippen LogP contribution in [0.2, 0.25) is 0 Å². The normalized spacial score (nSPS) is 16.4. The maximum atomic E-state index is 6.22. The molecule has 0 saturated heterocycles. The van der Waals surface area contributed by atoms with Gasteiger partial charge in [0.1, 0.15) is 0 Å². The minimum Gasteiger partial charge on any atom is -0.334 e. The smallest absolute Gasteiger partial charge is 0.257 e. The van der Waals surface area contributed by atoms with E-state index in [2.05, 4.69) is 15.2 Å². The molecule has 2 N–H and O–H groups in total. The number of hydrogen-bond donors (Lipinski definition) is 1. The third kappa shape index (κ3) is 2.31. The molecule has 1 aliphatic rings. The zero-order valence-electron chi connectivity index (χ0n) is 12.1. The maximum absolute atomic E-state index is 6.22. The molecule has 0 bridgehead atoms. The van der Waals surface area contributed by atoms with Crippen LogP contribution in [0.3, 0.4) is 0 Å². The molecule has 0 atom stereocenters. The summed E-state index contributed by atoms with van der Waals surface area (Å²) in [6, 6.07) is 9.97. The predicted octanol–water partition coefficient (Wildman–Crippen LogP) is 2.32. The van der Waals surface area contributed by atoms with Crippen LogP contribution in [-0.2, 0) is 12.1 Å². The highest BCUT2D eigenvalue weighted by molar-refractivity contribution is 5.53. The van der Waals surface area contributed by atoms with E-state index < -0.39 is 0 Å². The maximum Gasteiger partial charge on any atom is 0.257 e. The number of nitrogens with zero attached hydrogens (tertiary/aromatic N) is 4. The first kappa shape index (κ1) is 13.2. The average molecular weight is 295 g/mol. The molecule has 0 radical (unpaired) electrons. The zero-order valence-corrected chi connectivity index (χ0v) is 12.1. The van der Waals surface area contributed by atoms with Gasteiger partial charge >= 0.3 is 0 Å². The molecular weight excluding hydrogens is 278 g/mol. The van der Waals surface area contributed by atoms with Crippen molar-refractivity contribution < 1.29 is 4.52 Å². The molecule has 112 valence electrons. The Hall–Kier alpha value is -2.47. The highest BCUT2D eigenvalue weighted by Gasteiger charge is 2.39. The molecule has 4 rings (SSSR count). The Labute approximate surface area is 127 Å². The molecule has 1 saturated carbocycles. The molecule has 0 amide bonds. The summed E-state index contributed by atoms with van der Waals surface area (Å²) in [6.07, 6.45) is 6.70. The molecule has 1 aliphatic carbocycles. The van der Waals surface area contributed by atoms with Crippen molar-refractivity contribution in [2.45, 2.75) is 31.3 Å². The van der Waals surface area contributed by atoms with Crippen LogP contribution in [0.4, 0.5) is 0 Å². The van der Waals surface area contributed by atoms with Crippen molar-refractivity contribution in [2.24, 2.45) is 5.73 Å². The first-order valence-corrected chi connectivity index (χ1v) is 7.43. The molecule has 3 aromatic rings. The third-order valence-electron chi connectivity index (χ3n) is 4.22. The number of nitrogens with two attached hydrogens (primary N) is 1. The van der Waals surface area contributed by atoms with Gasteiger partial charge in [-0.05, 0) is 43.0 Å². The van der Waals surface area contributed by atoms with Crippen LogP contribution in [-0.4, -0.2) is 19.9 Å². The van der Waals surface area contributed by atoms with E-state index in [0.29, 0.717) is 11.7 Å². The second-order valence-electron chi connectivity index (χ2n) is 5.83. The molecule has 6 nitrogen and oxygen atoms in total. The van der Waals surface area contributed by atoms with Crippen molar-refractivity contribution in [3.8, 4) is 11.5 Å². The first-order chi connectivity index (χ1) is 10.7. The fourth-order valence-electron chi connectivity index (χ4n) is 2.66. The third-order valence-corrected chi connectivity index (χ3v) is 4.22. The zero-order chi connectivity index (χ0) is 15.0. The van der Waals surface area contributed by atoms with Gasteiger partial charge in [-0.1, -0.05) is 17.3 Å². The fourth-order valence-corrected chi connectivity index (χ4v) is 2.66. The van der Waals surface area contributed by atoms with Gasteiger partial charge in [-0.3, -0.25) is 4.68 Å². The van der Waals surface area contributed by atoms with Crippen molar-refractivity contribution >= 4 is 0 Å². The van der Waals surface area contributed by atoms with Gasteiger partial charge in [-0.2, -0.15) is 10.1 Å². The lowest BCUT2D eigenvalue weighted by Crippen LogP contribution is -2.44. The number of rotatable bonds is 4. The summed E-state index contributed by atoms with van der Waals surface area (Å²) in [4.78, 5) is 4.46. The van der Waals surface area contributed by atoms with E-state index in [1.54, 1.807) is 6.20 Å². The second-order valence-corrected chi connectivity index (χ2v) is 5.83. The SMILES string of the molecule is NC1(c2noc(-c3ccc(Cn4cccn4)cc3)n2)CCC1. The van der Waals surface area contributed by atoms with E-state index in [9.17, 15) is 0 Å². The van der Waals surface area contributed by atoms with Gasteiger partial charge in [0.05, 0.1) is 12.1 Å². The van der Waals surface area contributed by atoms with Gasteiger partial charge in [0.2, 0.25) is 0 Å². The van der Waals surface area contributed by atoms with Crippen molar-refractivity contribution in [3.63, 3.8) is 0 Å². The Morgan fingerprint density at radius 2 is 2.05 bits per heavy atom. The topological polar surface area (TPSA) is 82.8 Å². The van der Waals surface area contributed by atoms with Crippen LogP contribution in [0.15, 0.2) is 47.2 Å². The summed E-state index contributed by atoms with van der Waals surface area (Å²) in [7, 11) is 0. The summed E-state index contributed by atoms with van der Waals surface area (Å²) in [6.45, 7) is 0.744. The molecule has 1 fully saturated rings. The van der Waals surface area contributed by atoms with E-state index in [1.807, 2.05) is 41.2 Å². The highest BCUT2D eigenvalue weighted by atomic mass is 16.5. The van der Waals surface area contributed by atoms with Crippen LogP contribution in [0.25, 0.3) is 11.5 Å². The Kier molecular flexibility index (Phi) is 3.04. The molecule has 0 spiro atoms. The fraction of sp³-hybridized carbons (Fsp3) is 0.312. The quantitative estimate of drug-likeness (QED) is 0.798. The average Bonchev–Trinajstić information content (AvgIpc) is 3.17. The number of hydrogen-bond acceptors (Lipinski definition) is 5. The Bertz CT molecular complexity index is 756. The van der Waals surface area contributed by atoms with Gasteiger partial charge in [0.15, 0.2) is 5.82 Å². The van der Waals surface area contributed by atoms with Crippen molar-refractivity contribution in [2.75, 3.05) is 0 Å². The Balaban J connectivity index is 1.53. The molecule has 6 heteroatoms. The molecule has 22 heavy (non-hydrogen) atoms. The first-order valence-electron chi connectivity index (χ1n) is 7.43. The van der Waals surface area contributed by atoms with E-state index in [0.717, 1.165) is 31.4 Å². The second kappa shape index (κ2) is 5.06. The van der Waals surface area contributed by atoms with E-state index >= 15 is 0 Å². The van der Waals surface area contributed by atoms with Gasteiger partial charge in [0.25, 0.3) is 5.89 Å². The number of benzene rings is 1. The minimum absolute atomic E-state index is 0.387. The molecule has 0 aliphatic heterocycles. The van der Waals surface area contributed by atoms with E-state index in [4.69, 9.17) is 10.3 Å². The summed E-state index contributed by atoms with van der Waals surface area (Å²) in [5.74, 6) is 1.15. The van der Waals surface area contributed by atoms with Gasteiger partial charge < -0.3 is 10.3 Å². The van der Waals surface area contributed by atoms with Gasteiger partial charge in [-0.15, -0.1) is 0 Å². The van der Waals surface area contributed by atoms with Gasteiger partial charge in [-0.25, -0.2) is 0 Å². The standard InChI is InChI=1S/C16H17N5O/c17-16(7-1-8-16)15-19-14(22-20-15)13-5-3-12(4-6-13)11-21-10-2-9-18-21/h2-6,9-10H,1,7-8,11,17H2. The lowest BCUT2D eigenvalue weighted by molar-refractivity contribution is 0.229. The van der Waals surface area contributed by atoms with Crippen molar-refractivity contribution in [1.29, 1.82) is 0 Å². The molecule has 2 heterocycles. The predicted molar refractivity (Wildman–Crippen MR) is 80.8 cm³/mol. The van der Waals surface area contributed by atoms with Crippen LogP contribution < -0.4 is 5.73 Å². The lowest BCUT2D eigenvalue weighted by Gasteiger charge is -2.34. The van der Waals surface area contributed by atoms with E-state index in [1.165, 1.54) is 5.56 Å². The summed E-state index contributed by atoms with van der Waals surface area (Å²) < 4.78 is 7.24. The largest absolute Gasteiger partial charge is 0.334 e. The number of aromatic nitrogens is 4. The monoisotopic (exact) mass is 295 g/mol. The molecule has 0 unspecified atom stereocenters. The minimum atomic E-state index is -0.387.